The number of nitrogens with zero attached hydrogens (tertiary/aromatic N) is 4. The van der Waals surface area contributed by atoms with Crippen LogP contribution in [-0.4, -0.2) is 30.3 Å². The Kier molecular flexibility index (Phi) is 5.54. The fourth-order valence-electron chi connectivity index (χ4n) is 2.63. The standard InChI is InChI=1S/C22H19ClN4/c1-15-4-6-17(7-5-15)21-12-19(16-8-10-18(23)11-9-16)20(13-24)22(26-21)25-14-27(2)3/h4-12,14H,1-3H3/b25-14+. The van der Waals surface area contributed by atoms with E-state index in [0.29, 0.717) is 16.4 Å². The van der Waals surface area contributed by atoms with Crippen LogP contribution in [0.15, 0.2) is 59.6 Å². The van der Waals surface area contributed by atoms with Crippen LogP contribution in [0.1, 0.15) is 11.1 Å². The molecule has 0 aliphatic heterocycles. The fourth-order valence-corrected chi connectivity index (χ4v) is 2.76. The van der Waals surface area contributed by atoms with Crippen molar-refractivity contribution in [1.29, 1.82) is 5.26 Å². The molecule has 0 saturated heterocycles. The Labute approximate surface area is 164 Å². The number of aromatic nitrogens is 1. The van der Waals surface area contributed by atoms with Gasteiger partial charge in [-0.3, -0.25) is 0 Å². The molecular formula is C22H19ClN4. The van der Waals surface area contributed by atoms with Crippen LogP contribution in [0.4, 0.5) is 5.82 Å². The van der Waals surface area contributed by atoms with Crippen molar-refractivity contribution in [2.24, 2.45) is 4.99 Å². The van der Waals surface area contributed by atoms with Crippen molar-refractivity contribution in [2.45, 2.75) is 6.92 Å². The summed E-state index contributed by atoms with van der Waals surface area (Å²) in [5, 5.41) is 10.4. The first-order valence-electron chi connectivity index (χ1n) is 8.46. The average Bonchev–Trinajstić information content (AvgIpc) is 2.66. The molecule has 3 aromatic rings. The number of aryl methyl sites for hydroxylation is 1. The molecule has 0 atom stereocenters. The SMILES string of the molecule is Cc1ccc(-c2cc(-c3ccc(Cl)cc3)c(C#N)c(/N=C/N(C)C)n2)cc1. The van der Waals surface area contributed by atoms with Crippen LogP contribution in [0, 0.1) is 18.3 Å². The van der Waals surface area contributed by atoms with E-state index in [4.69, 9.17) is 11.6 Å². The molecule has 1 aromatic heterocycles. The van der Waals surface area contributed by atoms with E-state index in [1.54, 1.807) is 6.34 Å². The van der Waals surface area contributed by atoms with Crippen LogP contribution in [0.25, 0.3) is 22.4 Å². The molecule has 5 heteroatoms. The lowest BCUT2D eigenvalue weighted by atomic mass is 9.98. The summed E-state index contributed by atoms with van der Waals surface area (Å²) in [5.41, 5.74) is 5.03. The molecule has 3 rings (SSSR count). The normalized spacial score (nSPS) is 10.8. The van der Waals surface area contributed by atoms with Crippen LogP contribution in [0.5, 0.6) is 0 Å². The van der Waals surface area contributed by atoms with E-state index >= 15 is 0 Å². The van der Waals surface area contributed by atoms with Crippen molar-refractivity contribution >= 4 is 23.8 Å². The minimum absolute atomic E-state index is 0.397. The zero-order chi connectivity index (χ0) is 19.4. The Morgan fingerprint density at radius 2 is 1.67 bits per heavy atom. The monoisotopic (exact) mass is 374 g/mol. The van der Waals surface area contributed by atoms with Crippen molar-refractivity contribution in [3.05, 3.63) is 70.7 Å². The maximum absolute atomic E-state index is 9.77. The quantitative estimate of drug-likeness (QED) is 0.449. The molecule has 0 aliphatic rings. The van der Waals surface area contributed by atoms with Crippen LogP contribution >= 0.6 is 11.6 Å². The Balaban J connectivity index is 2.25. The van der Waals surface area contributed by atoms with E-state index in [2.05, 4.69) is 16.0 Å². The summed E-state index contributed by atoms with van der Waals surface area (Å²) in [6.45, 7) is 2.04. The molecule has 0 bridgehead atoms. The average molecular weight is 375 g/mol. The molecule has 0 fully saturated rings. The molecule has 4 nitrogen and oxygen atoms in total. The van der Waals surface area contributed by atoms with Gasteiger partial charge < -0.3 is 4.90 Å². The van der Waals surface area contributed by atoms with Gasteiger partial charge in [-0.2, -0.15) is 5.26 Å². The number of aliphatic imine (C=N–C) groups is 1. The van der Waals surface area contributed by atoms with Gasteiger partial charge in [0.2, 0.25) is 0 Å². The van der Waals surface area contributed by atoms with Gasteiger partial charge >= 0.3 is 0 Å². The number of nitriles is 1. The molecule has 0 unspecified atom stereocenters. The summed E-state index contributed by atoms with van der Waals surface area (Å²) in [6.07, 6.45) is 1.65. The first-order chi connectivity index (χ1) is 13.0. The van der Waals surface area contributed by atoms with Gasteiger partial charge in [-0.1, -0.05) is 53.6 Å². The summed E-state index contributed by atoms with van der Waals surface area (Å²) >= 11 is 6.02. The number of hydrogen-bond acceptors (Lipinski definition) is 3. The molecule has 27 heavy (non-hydrogen) atoms. The minimum atomic E-state index is 0.397. The van der Waals surface area contributed by atoms with E-state index in [1.807, 2.05) is 80.5 Å². The van der Waals surface area contributed by atoms with E-state index in [1.165, 1.54) is 5.56 Å². The molecule has 134 valence electrons. The highest BCUT2D eigenvalue weighted by Crippen LogP contribution is 2.34. The van der Waals surface area contributed by atoms with Crippen molar-refractivity contribution in [2.75, 3.05) is 14.1 Å². The third-order valence-corrected chi connectivity index (χ3v) is 4.28. The molecule has 0 spiro atoms. The lowest BCUT2D eigenvalue weighted by Gasteiger charge is -2.11. The Morgan fingerprint density at radius 3 is 2.26 bits per heavy atom. The largest absolute Gasteiger partial charge is 0.369 e. The lowest BCUT2D eigenvalue weighted by molar-refractivity contribution is 0.643. The second kappa shape index (κ2) is 8.03. The molecule has 2 aromatic carbocycles. The number of rotatable bonds is 4. The molecule has 0 radical (unpaired) electrons. The summed E-state index contributed by atoms with van der Waals surface area (Å²) in [7, 11) is 3.75. The molecular weight excluding hydrogens is 356 g/mol. The molecule has 0 aliphatic carbocycles. The van der Waals surface area contributed by atoms with Crippen molar-refractivity contribution in [1.82, 2.24) is 9.88 Å². The Morgan fingerprint density at radius 1 is 1.04 bits per heavy atom. The van der Waals surface area contributed by atoms with E-state index in [-0.39, 0.29) is 0 Å². The van der Waals surface area contributed by atoms with Gasteiger partial charge in [-0.05, 0) is 30.7 Å². The van der Waals surface area contributed by atoms with Gasteiger partial charge in [0, 0.05) is 30.2 Å². The van der Waals surface area contributed by atoms with E-state index < -0.39 is 0 Å². The molecule has 0 saturated carbocycles. The van der Waals surface area contributed by atoms with Crippen LogP contribution < -0.4 is 0 Å². The van der Waals surface area contributed by atoms with Gasteiger partial charge in [0.1, 0.15) is 11.6 Å². The molecule has 0 N–H and O–H groups in total. The topological polar surface area (TPSA) is 52.3 Å². The zero-order valence-corrected chi connectivity index (χ0v) is 16.2. The first kappa shape index (κ1) is 18.6. The van der Waals surface area contributed by atoms with Gasteiger partial charge in [-0.15, -0.1) is 0 Å². The minimum Gasteiger partial charge on any atom is -0.369 e. The zero-order valence-electron chi connectivity index (χ0n) is 15.4. The van der Waals surface area contributed by atoms with E-state index in [0.717, 1.165) is 22.4 Å². The van der Waals surface area contributed by atoms with Crippen molar-refractivity contribution < 1.29 is 0 Å². The predicted molar refractivity (Wildman–Crippen MR) is 111 cm³/mol. The Hall–Kier alpha value is -3.16. The number of hydrogen-bond donors (Lipinski definition) is 0. The second-order valence-corrected chi connectivity index (χ2v) is 6.88. The number of benzene rings is 2. The summed E-state index contributed by atoms with van der Waals surface area (Å²) in [5.74, 6) is 0.397. The summed E-state index contributed by atoms with van der Waals surface area (Å²) in [6, 6.07) is 19.7. The van der Waals surface area contributed by atoms with Crippen LogP contribution in [0.2, 0.25) is 5.02 Å². The highest BCUT2D eigenvalue weighted by Gasteiger charge is 2.15. The van der Waals surface area contributed by atoms with Crippen molar-refractivity contribution in [3.8, 4) is 28.5 Å². The van der Waals surface area contributed by atoms with Crippen molar-refractivity contribution in [3.63, 3.8) is 0 Å². The van der Waals surface area contributed by atoms with Crippen LogP contribution in [-0.2, 0) is 0 Å². The first-order valence-corrected chi connectivity index (χ1v) is 8.84. The Bertz CT molecular complexity index is 1010. The third-order valence-electron chi connectivity index (χ3n) is 4.03. The number of halogens is 1. The molecule has 0 amide bonds. The van der Waals surface area contributed by atoms with Gasteiger partial charge in [-0.25, -0.2) is 9.98 Å². The number of pyridine rings is 1. The van der Waals surface area contributed by atoms with Gasteiger partial charge in [0.25, 0.3) is 0 Å². The van der Waals surface area contributed by atoms with E-state index in [9.17, 15) is 5.26 Å². The predicted octanol–water partition coefficient (Wildman–Crippen LogP) is 5.47. The highest BCUT2D eigenvalue weighted by molar-refractivity contribution is 6.30. The third kappa shape index (κ3) is 4.33. The molecule has 1 heterocycles. The maximum Gasteiger partial charge on any atom is 0.172 e. The second-order valence-electron chi connectivity index (χ2n) is 6.45. The smallest absolute Gasteiger partial charge is 0.172 e. The maximum atomic E-state index is 9.77. The van der Waals surface area contributed by atoms with Gasteiger partial charge in [0.15, 0.2) is 5.82 Å². The summed E-state index contributed by atoms with van der Waals surface area (Å²) in [4.78, 5) is 10.9. The van der Waals surface area contributed by atoms with Gasteiger partial charge in [0.05, 0.1) is 12.0 Å². The summed E-state index contributed by atoms with van der Waals surface area (Å²) < 4.78 is 0. The highest BCUT2D eigenvalue weighted by atomic mass is 35.5. The fraction of sp³-hybridized carbons (Fsp3) is 0.136. The van der Waals surface area contributed by atoms with Crippen LogP contribution in [0.3, 0.4) is 0 Å². The lowest BCUT2D eigenvalue weighted by Crippen LogP contribution is -2.07.